The topological polar surface area (TPSA) is 156 Å². The first kappa shape index (κ1) is 19.8. The molecule has 12 heteroatoms. The van der Waals surface area contributed by atoms with Crippen molar-refractivity contribution in [1.82, 2.24) is 30.7 Å². The Morgan fingerprint density at radius 3 is 2.83 bits per heavy atom. The zero-order chi connectivity index (χ0) is 20.8. The van der Waals surface area contributed by atoms with Crippen molar-refractivity contribution in [3.63, 3.8) is 0 Å². The Morgan fingerprint density at radius 1 is 1.34 bits per heavy atom. The molecule has 0 aliphatic heterocycles. The Balaban J connectivity index is 1.80. The summed E-state index contributed by atoms with van der Waals surface area (Å²) >= 11 is 0. The van der Waals surface area contributed by atoms with Crippen molar-refractivity contribution in [3.05, 3.63) is 35.2 Å². The number of rotatable bonds is 8. The summed E-state index contributed by atoms with van der Waals surface area (Å²) in [7, 11) is 3.09. The van der Waals surface area contributed by atoms with Crippen LogP contribution in [0.3, 0.4) is 0 Å². The number of aromatic nitrogens is 5. The van der Waals surface area contributed by atoms with Crippen LogP contribution >= 0.6 is 0 Å². The van der Waals surface area contributed by atoms with Gasteiger partial charge >= 0.3 is 0 Å². The van der Waals surface area contributed by atoms with Crippen LogP contribution in [0.15, 0.2) is 27.9 Å². The maximum atomic E-state index is 12.6. The molecule has 152 valence electrons. The average Bonchev–Trinajstić information content (AvgIpc) is 3.34. The lowest BCUT2D eigenvalue weighted by Crippen LogP contribution is -2.20. The van der Waals surface area contributed by atoms with Crippen LogP contribution in [0.1, 0.15) is 35.1 Å². The number of nitrogen functional groups attached to an aromatic ring is 1. The molecular weight excluding hydrogens is 380 g/mol. The first-order valence-electron chi connectivity index (χ1n) is 8.67. The fraction of sp³-hybridized carbons (Fsp3) is 0.294. The van der Waals surface area contributed by atoms with Crippen molar-refractivity contribution in [2.24, 2.45) is 5.10 Å². The Labute approximate surface area is 165 Å². The molecule has 0 saturated carbocycles. The Kier molecular flexibility index (Phi) is 6.02. The Bertz CT molecular complexity index is 1030. The molecule has 29 heavy (non-hydrogen) atoms. The molecule has 0 saturated heterocycles. The first-order valence-corrected chi connectivity index (χ1v) is 8.67. The molecule has 12 nitrogen and oxygen atoms in total. The lowest BCUT2D eigenvalue weighted by Gasteiger charge is -2.07. The fourth-order valence-electron chi connectivity index (χ4n) is 2.59. The highest BCUT2D eigenvalue weighted by molar-refractivity contribution is 5.94. The van der Waals surface area contributed by atoms with Crippen molar-refractivity contribution in [2.75, 3.05) is 20.0 Å². The monoisotopic (exact) mass is 400 g/mol. The summed E-state index contributed by atoms with van der Waals surface area (Å²) in [6.07, 6.45) is 2.71. The zero-order valence-corrected chi connectivity index (χ0v) is 16.1. The van der Waals surface area contributed by atoms with Gasteiger partial charge in [0.1, 0.15) is 11.5 Å². The van der Waals surface area contributed by atoms with Crippen molar-refractivity contribution in [2.45, 2.75) is 19.8 Å². The number of ether oxygens (including phenoxy) is 2. The molecule has 3 N–H and O–H groups in total. The maximum absolute atomic E-state index is 12.6. The summed E-state index contributed by atoms with van der Waals surface area (Å²) in [6.45, 7) is 1.96. The molecule has 3 aromatic rings. The summed E-state index contributed by atoms with van der Waals surface area (Å²) in [5.41, 5.74) is 9.43. The van der Waals surface area contributed by atoms with Gasteiger partial charge in [-0.1, -0.05) is 18.6 Å². The number of carbonyl (C=O) groups is 1. The molecule has 0 atom stereocenters. The van der Waals surface area contributed by atoms with Gasteiger partial charge in [0, 0.05) is 11.6 Å². The Hall–Kier alpha value is -3.96. The number of nitrogens with two attached hydrogens (primary N) is 1. The zero-order valence-electron chi connectivity index (χ0n) is 16.1. The van der Waals surface area contributed by atoms with E-state index in [2.05, 4.69) is 35.8 Å². The number of carbonyl (C=O) groups excluding carboxylic acids is 1. The summed E-state index contributed by atoms with van der Waals surface area (Å²) in [6, 6.07) is 5.23. The van der Waals surface area contributed by atoms with E-state index in [-0.39, 0.29) is 17.3 Å². The highest BCUT2D eigenvalue weighted by atomic mass is 16.6. The molecule has 0 fully saturated rings. The van der Waals surface area contributed by atoms with E-state index in [0.29, 0.717) is 29.2 Å². The molecule has 0 unspecified atom stereocenters. The quantitative estimate of drug-likeness (QED) is 0.415. The molecule has 0 spiro atoms. The van der Waals surface area contributed by atoms with Crippen LogP contribution in [0.4, 0.5) is 5.82 Å². The minimum Gasteiger partial charge on any atom is -0.497 e. The van der Waals surface area contributed by atoms with Gasteiger partial charge in [0.2, 0.25) is 11.6 Å². The van der Waals surface area contributed by atoms with Crippen LogP contribution < -0.4 is 20.6 Å². The number of nitrogens with zero attached hydrogens (tertiary/aromatic N) is 6. The molecule has 1 amide bonds. The van der Waals surface area contributed by atoms with Gasteiger partial charge in [-0.2, -0.15) is 9.78 Å². The number of hydrogen-bond acceptors (Lipinski definition) is 10. The molecule has 3 rings (SSSR count). The number of nitrogens with one attached hydrogen (secondary N) is 1. The SMILES string of the molecule is CCCc1c(C(=O)N/N=C\c2ccc(OC)cc2OC)nnn1-c1nonc1N. The summed E-state index contributed by atoms with van der Waals surface area (Å²) < 4.78 is 16.4. The van der Waals surface area contributed by atoms with Gasteiger partial charge < -0.3 is 15.2 Å². The predicted molar refractivity (Wildman–Crippen MR) is 102 cm³/mol. The van der Waals surface area contributed by atoms with E-state index in [9.17, 15) is 4.79 Å². The third-order valence-electron chi connectivity index (χ3n) is 3.97. The Morgan fingerprint density at radius 2 is 2.17 bits per heavy atom. The third-order valence-corrected chi connectivity index (χ3v) is 3.97. The van der Waals surface area contributed by atoms with Gasteiger partial charge in [0.05, 0.1) is 26.1 Å². The molecule has 1 aromatic carbocycles. The molecular formula is C17H20N8O4. The van der Waals surface area contributed by atoms with Crippen molar-refractivity contribution in [3.8, 4) is 17.3 Å². The van der Waals surface area contributed by atoms with Crippen LogP contribution in [0, 0.1) is 0 Å². The van der Waals surface area contributed by atoms with Crippen LogP contribution in [-0.2, 0) is 6.42 Å². The van der Waals surface area contributed by atoms with E-state index < -0.39 is 5.91 Å². The second-order valence-electron chi connectivity index (χ2n) is 5.83. The van der Waals surface area contributed by atoms with E-state index in [1.165, 1.54) is 18.0 Å². The van der Waals surface area contributed by atoms with Gasteiger partial charge in [-0.25, -0.2) is 10.1 Å². The standard InChI is InChI=1S/C17H20N8O4/c1-4-5-12-14(20-24-25(12)16-15(18)22-29-23-16)17(26)21-19-9-10-6-7-11(27-2)8-13(10)28-3/h6-9H,4-5H2,1-3H3,(H2,18,22)(H,21,26)/b19-9-. The largest absolute Gasteiger partial charge is 0.497 e. The second kappa shape index (κ2) is 8.82. The molecule has 2 heterocycles. The molecule has 2 aromatic heterocycles. The summed E-state index contributed by atoms with van der Waals surface area (Å²) in [4.78, 5) is 12.6. The van der Waals surface area contributed by atoms with Crippen molar-refractivity contribution >= 4 is 17.9 Å². The van der Waals surface area contributed by atoms with E-state index in [0.717, 1.165) is 6.42 Å². The van der Waals surface area contributed by atoms with Crippen molar-refractivity contribution < 1.29 is 18.9 Å². The minimum atomic E-state index is -0.529. The average molecular weight is 400 g/mol. The van der Waals surface area contributed by atoms with Gasteiger partial charge in [0.15, 0.2) is 5.69 Å². The lowest BCUT2D eigenvalue weighted by atomic mass is 10.2. The fourth-order valence-corrected chi connectivity index (χ4v) is 2.59. The highest BCUT2D eigenvalue weighted by Crippen LogP contribution is 2.23. The van der Waals surface area contributed by atoms with Crippen molar-refractivity contribution in [1.29, 1.82) is 0 Å². The van der Waals surface area contributed by atoms with E-state index >= 15 is 0 Å². The van der Waals surface area contributed by atoms with Crippen LogP contribution in [0.2, 0.25) is 0 Å². The van der Waals surface area contributed by atoms with Gasteiger partial charge in [-0.05, 0) is 28.9 Å². The number of anilines is 1. The lowest BCUT2D eigenvalue weighted by molar-refractivity contribution is 0.0949. The van der Waals surface area contributed by atoms with Crippen LogP contribution in [0.25, 0.3) is 5.82 Å². The van der Waals surface area contributed by atoms with E-state index in [1.54, 1.807) is 25.3 Å². The predicted octanol–water partition coefficient (Wildman–Crippen LogP) is 0.966. The molecule has 0 aliphatic carbocycles. The highest BCUT2D eigenvalue weighted by Gasteiger charge is 2.23. The summed E-state index contributed by atoms with van der Waals surface area (Å²) in [5.74, 6) is 0.883. The smallest absolute Gasteiger partial charge is 0.293 e. The van der Waals surface area contributed by atoms with Crippen LogP contribution in [0.5, 0.6) is 11.5 Å². The number of methoxy groups -OCH3 is 2. The number of benzene rings is 1. The third kappa shape index (κ3) is 4.15. The maximum Gasteiger partial charge on any atom is 0.293 e. The minimum absolute atomic E-state index is 0.0452. The normalized spacial score (nSPS) is 11.0. The van der Waals surface area contributed by atoms with Crippen LogP contribution in [-0.4, -0.2) is 51.6 Å². The van der Waals surface area contributed by atoms with E-state index in [4.69, 9.17) is 15.2 Å². The van der Waals surface area contributed by atoms with Gasteiger partial charge in [-0.3, -0.25) is 4.79 Å². The molecule has 0 aliphatic rings. The second-order valence-corrected chi connectivity index (χ2v) is 5.83. The van der Waals surface area contributed by atoms with Gasteiger partial charge in [0.25, 0.3) is 5.91 Å². The first-order chi connectivity index (χ1) is 14.1. The van der Waals surface area contributed by atoms with Gasteiger partial charge in [-0.15, -0.1) is 5.10 Å². The number of hydrazone groups is 1. The summed E-state index contributed by atoms with van der Waals surface area (Å²) in [5, 5.41) is 19.1. The number of hydrogen-bond donors (Lipinski definition) is 2. The molecule has 0 radical (unpaired) electrons. The number of amides is 1. The molecule has 0 bridgehead atoms. The van der Waals surface area contributed by atoms with E-state index in [1.807, 2.05) is 6.92 Å².